The molecule has 0 aromatic heterocycles. The van der Waals surface area contributed by atoms with E-state index in [2.05, 4.69) is 10.6 Å². The molecular weight excluding hydrogens is 428 g/mol. The molecule has 1 aliphatic carbocycles. The van der Waals surface area contributed by atoms with E-state index in [0.717, 1.165) is 12.8 Å². The van der Waals surface area contributed by atoms with Crippen LogP contribution in [0.3, 0.4) is 0 Å². The van der Waals surface area contributed by atoms with Crippen LogP contribution >= 0.6 is 22.6 Å². The van der Waals surface area contributed by atoms with Gasteiger partial charge in [0, 0.05) is 35.0 Å². The van der Waals surface area contributed by atoms with E-state index in [1.165, 1.54) is 18.2 Å². The summed E-state index contributed by atoms with van der Waals surface area (Å²) in [5.74, 6) is -1.80. The lowest BCUT2D eigenvalue weighted by molar-refractivity contribution is -0.136. The number of nitrogens with zero attached hydrogens (tertiary/aromatic N) is 1. The van der Waals surface area contributed by atoms with Gasteiger partial charge in [0.2, 0.25) is 5.91 Å². The summed E-state index contributed by atoms with van der Waals surface area (Å²) in [6.07, 6.45) is 2.53. The number of nitrogens with one attached hydrogen (secondary N) is 2. The molecule has 3 rings (SSSR count). The van der Waals surface area contributed by atoms with Crippen molar-refractivity contribution in [1.29, 1.82) is 0 Å². The van der Waals surface area contributed by atoms with Gasteiger partial charge in [-0.15, -0.1) is 0 Å². The number of carbonyl (C=O) groups excluding carboxylic acids is 3. The summed E-state index contributed by atoms with van der Waals surface area (Å²) >= 11 is 1.88. The molecule has 2 fully saturated rings. The lowest BCUT2D eigenvalue weighted by atomic mass is 10.1. The number of benzene rings is 1. The van der Waals surface area contributed by atoms with E-state index in [4.69, 9.17) is 0 Å². The third-order valence-electron chi connectivity index (χ3n) is 4.16. The first-order valence-corrected chi connectivity index (χ1v) is 8.85. The van der Waals surface area contributed by atoms with Gasteiger partial charge >= 0.3 is 11.8 Å². The van der Waals surface area contributed by atoms with Crippen molar-refractivity contribution in [2.45, 2.75) is 25.3 Å². The van der Waals surface area contributed by atoms with E-state index in [1.807, 2.05) is 27.5 Å². The van der Waals surface area contributed by atoms with Crippen LogP contribution < -0.4 is 10.6 Å². The molecule has 1 aliphatic heterocycles. The molecule has 1 atom stereocenters. The molecule has 8 heteroatoms. The Morgan fingerprint density at radius 1 is 1.29 bits per heavy atom. The van der Waals surface area contributed by atoms with Crippen molar-refractivity contribution in [1.82, 2.24) is 10.2 Å². The number of likely N-dealkylation sites (tertiary alicyclic amines) is 1. The second kappa shape index (κ2) is 7.04. The molecule has 3 amide bonds. The Morgan fingerprint density at radius 2 is 2.04 bits per heavy atom. The summed E-state index contributed by atoms with van der Waals surface area (Å²) in [6, 6.07) is 4.27. The molecule has 1 saturated carbocycles. The summed E-state index contributed by atoms with van der Waals surface area (Å²) in [5, 5.41) is 5.03. The van der Waals surface area contributed by atoms with Gasteiger partial charge in [-0.2, -0.15) is 0 Å². The third kappa shape index (κ3) is 4.03. The van der Waals surface area contributed by atoms with Crippen LogP contribution in [0.4, 0.5) is 10.1 Å². The maximum absolute atomic E-state index is 13.0. The third-order valence-corrected chi connectivity index (χ3v) is 5.06. The van der Waals surface area contributed by atoms with E-state index in [0.29, 0.717) is 34.8 Å². The van der Waals surface area contributed by atoms with E-state index in [1.54, 1.807) is 0 Å². The van der Waals surface area contributed by atoms with E-state index in [9.17, 15) is 18.8 Å². The van der Waals surface area contributed by atoms with Gasteiger partial charge in [0.15, 0.2) is 0 Å². The second-order valence-electron chi connectivity index (χ2n) is 6.14. The molecular formula is C16H17FIN3O3. The zero-order valence-electron chi connectivity index (χ0n) is 12.9. The summed E-state index contributed by atoms with van der Waals surface area (Å²) in [5.41, 5.74) is 0.383. The summed E-state index contributed by atoms with van der Waals surface area (Å²) < 4.78 is 13.5. The molecule has 0 spiro atoms. The van der Waals surface area contributed by atoms with Crippen LogP contribution in [0.1, 0.15) is 19.3 Å². The molecule has 1 aromatic carbocycles. The Bertz CT molecular complexity index is 693. The molecule has 2 N–H and O–H groups in total. The van der Waals surface area contributed by atoms with Crippen LogP contribution in [0.5, 0.6) is 0 Å². The average molecular weight is 445 g/mol. The zero-order valence-corrected chi connectivity index (χ0v) is 15.0. The van der Waals surface area contributed by atoms with Crippen LogP contribution in [0.2, 0.25) is 0 Å². The largest absolute Gasteiger partial charge is 0.347 e. The lowest BCUT2D eigenvalue weighted by Crippen LogP contribution is -2.38. The fourth-order valence-electron chi connectivity index (χ4n) is 2.77. The second-order valence-corrected chi connectivity index (χ2v) is 7.30. The lowest BCUT2D eigenvalue weighted by Gasteiger charge is -2.15. The minimum atomic E-state index is -0.803. The molecule has 0 bridgehead atoms. The normalized spacial score (nSPS) is 20.2. The van der Waals surface area contributed by atoms with Crippen molar-refractivity contribution in [3.05, 3.63) is 27.6 Å². The number of hydrogen-bond acceptors (Lipinski definition) is 3. The van der Waals surface area contributed by atoms with Crippen LogP contribution in [0.25, 0.3) is 0 Å². The van der Waals surface area contributed by atoms with Crippen LogP contribution in [0, 0.1) is 15.3 Å². The molecule has 0 radical (unpaired) electrons. The van der Waals surface area contributed by atoms with Crippen LogP contribution in [-0.4, -0.2) is 41.8 Å². The number of amides is 3. The van der Waals surface area contributed by atoms with Crippen molar-refractivity contribution in [2.24, 2.45) is 5.92 Å². The summed E-state index contributed by atoms with van der Waals surface area (Å²) in [4.78, 5) is 37.5. The first kappa shape index (κ1) is 17.1. The monoisotopic (exact) mass is 445 g/mol. The molecule has 1 saturated heterocycles. The van der Waals surface area contributed by atoms with Crippen LogP contribution in [0.15, 0.2) is 18.2 Å². The highest BCUT2D eigenvalue weighted by atomic mass is 127. The van der Waals surface area contributed by atoms with Gasteiger partial charge in [-0.3, -0.25) is 14.4 Å². The van der Waals surface area contributed by atoms with Gasteiger partial charge in [-0.25, -0.2) is 4.39 Å². The molecule has 1 heterocycles. The minimum Gasteiger partial charge on any atom is -0.347 e. The van der Waals surface area contributed by atoms with Crippen molar-refractivity contribution < 1.29 is 18.8 Å². The molecule has 2 aliphatic rings. The van der Waals surface area contributed by atoms with Crippen molar-refractivity contribution in [3.63, 3.8) is 0 Å². The van der Waals surface area contributed by atoms with Crippen molar-refractivity contribution >= 4 is 46.0 Å². The Hall–Kier alpha value is -1.71. The molecule has 1 aromatic rings. The van der Waals surface area contributed by atoms with Gasteiger partial charge in [-0.1, -0.05) is 0 Å². The highest BCUT2D eigenvalue weighted by molar-refractivity contribution is 14.1. The van der Waals surface area contributed by atoms with Gasteiger partial charge in [0.05, 0.1) is 5.69 Å². The van der Waals surface area contributed by atoms with Crippen LogP contribution in [-0.2, 0) is 14.4 Å². The SMILES string of the molecule is O=C(NCC1CC(=O)N(C2CC2)C1)C(=O)Nc1ccc(F)cc1I. The predicted molar refractivity (Wildman–Crippen MR) is 93.6 cm³/mol. The minimum absolute atomic E-state index is 0.0424. The maximum Gasteiger partial charge on any atom is 0.313 e. The number of rotatable bonds is 4. The highest BCUT2D eigenvalue weighted by Crippen LogP contribution is 2.32. The standard InChI is InChI=1S/C16H17FIN3O3/c17-10-1-4-13(12(18)6-10)20-16(24)15(23)19-7-9-5-14(22)21(8-9)11-2-3-11/h1,4,6,9,11H,2-3,5,7-8H2,(H,19,23)(H,20,24). The fourth-order valence-corrected chi connectivity index (χ4v) is 3.38. The van der Waals surface area contributed by atoms with E-state index in [-0.39, 0.29) is 11.8 Å². The fraction of sp³-hybridized carbons (Fsp3) is 0.438. The smallest absolute Gasteiger partial charge is 0.313 e. The topological polar surface area (TPSA) is 78.5 Å². The van der Waals surface area contributed by atoms with E-state index < -0.39 is 17.6 Å². The highest BCUT2D eigenvalue weighted by Gasteiger charge is 2.39. The van der Waals surface area contributed by atoms with Crippen molar-refractivity contribution in [3.8, 4) is 0 Å². The zero-order chi connectivity index (χ0) is 17.3. The Morgan fingerprint density at radius 3 is 2.71 bits per heavy atom. The van der Waals surface area contributed by atoms with Gasteiger partial charge in [0.1, 0.15) is 5.82 Å². The molecule has 6 nitrogen and oxygen atoms in total. The Labute approximate surface area is 152 Å². The first-order valence-electron chi connectivity index (χ1n) is 7.77. The van der Waals surface area contributed by atoms with Gasteiger partial charge < -0.3 is 15.5 Å². The quantitative estimate of drug-likeness (QED) is 0.545. The van der Waals surface area contributed by atoms with Gasteiger partial charge in [0.25, 0.3) is 0 Å². The average Bonchev–Trinajstić information content (AvgIpc) is 3.31. The molecule has 1 unspecified atom stereocenters. The first-order chi connectivity index (χ1) is 11.4. The number of hydrogen-bond donors (Lipinski definition) is 2. The number of carbonyl (C=O) groups is 3. The number of halogens is 2. The van der Waals surface area contributed by atoms with E-state index >= 15 is 0 Å². The maximum atomic E-state index is 13.0. The Balaban J connectivity index is 1.48. The summed E-state index contributed by atoms with van der Waals surface area (Å²) in [7, 11) is 0. The molecule has 128 valence electrons. The number of anilines is 1. The van der Waals surface area contributed by atoms with Gasteiger partial charge in [-0.05, 0) is 53.6 Å². The predicted octanol–water partition coefficient (Wildman–Crippen LogP) is 1.50. The van der Waals surface area contributed by atoms with Crippen molar-refractivity contribution in [2.75, 3.05) is 18.4 Å². The summed E-state index contributed by atoms with van der Waals surface area (Å²) in [6.45, 7) is 0.934. The molecule has 24 heavy (non-hydrogen) atoms. The Kier molecular flexibility index (Phi) is 5.02.